The minimum atomic E-state index is -0.531. The molecule has 25 heavy (non-hydrogen) atoms. The third-order valence-electron chi connectivity index (χ3n) is 3.78. The predicted octanol–water partition coefficient (Wildman–Crippen LogP) is 2.82. The fourth-order valence-corrected chi connectivity index (χ4v) is 3.36. The van der Waals surface area contributed by atoms with Crippen LogP contribution in [0.1, 0.15) is 20.8 Å². The Balaban J connectivity index is 1.89. The molecule has 0 spiro atoms. The van der Waals surface area contributed by atoms with Crippen molar-refractivity contribution in [1.29, 1.82) is 0 Å². The van der Waals surface area contributed by atoms with Crippen molar-refractivity contribution in [2.45, 2.75) is 13.5 Å². The van der Waals surface area contributed by atoms with E-state index in [1.807, 2.05) is 18.4 Å². The summed E-state index contributed by atoms with van der Waals surface area (Å²) in [6, 6.07) is 6.33. The maximum atomic E-state index is 12.6. The van der Waals surface area contributed by atoms with Crippen molar-refractivity contribution in [2.24, 2.45) is 0 Å². The molecule has 128 valence electrons. The monoisotopic (exact) mass is 357 g/mol. The molecule has 0 radical (unpaired) electrons. The van der Waals surface area contributed by atoms with Gasteiger partial charge in [-0.2, -0.15) is 5.10 Å². The molecule has 0 bridgehead atoms. The van der Waals surface area contributed by atoms with Crippen LogP contribution in [0, 0.1) is 17.0 Å². The van der Waals surface area contributed by atoms with Gasteiger partial charge in [0, 0.05) is 23.6 Å². The highest BCUT2D eigenvalue weighted by Gasteiger charge is 2.21. The Morgan fingerprint density at radius 1 is 1.40 bits per heavy atom. The second-order valence-electron chi connectivity index (χ2n) is 5.49. The number of nitro benzene ring substituents is 1. The van der Waals surface area contributed by atoms with Gasteiger partial charge < -0.3 is 4.90 Å². The van der Waals surface area contributed by atoms with Gasteiger partial charge in [-0.05, 0) is 36.1 Å². The van der Waals surface area contributed by atoms with Crippen molar-refractivity contribution < 1.29 is 9.72 Å². The van der Waals surface area contributed by atoms with Crippen molar-refractivity contribution in [3.05, 3.63) is 68.4 Å². The number of nitrogens with zero attached hydrogens (tertiary/aromatic N) is 5. The zero-order chi connectivity index (χ0) is 18.0. The van der Waals surface area contributed by atoms with E-state index in [4.69, 9.17) is 0 Å². The van der Waals surface area contributed by atoms with Gasteiger partial charge in [-0.15, -0.1) is 11.3 Å². The summed E-state index contributed by atoms with van der Waals surface area (Å²) in [7, 11) is 1.68. The maximum absolute atomic E-state index is 12.6. The summed E-state index contributed by atoms with van der Waals surface area (Å²) in [5, 5.41) is 17.3. The fraction of sp³-hybridized carbons (Fsp3) is 0.188. The molecule has 2 aromatic heterocycles. The van der Waals surface area contributed by atoms with Gasteiger partial charge in [0.1, 0.15) is 18.3 Å². The number of carbonyl (C=O) groups is 1. The molecule has 0 N–H and O–H groups in total. The van der Waals surface area contributed by atoms with Gasteiger partial charge in [0.25, 0.3) is 11.6 Å². The summed E-state index contributed by atoms with van der Waals surface area (Å²) in [4.78, 5) is 29.9. The molecule has 0 aliphatic carbocycles. The van der Waals surface area contributed by atoms with E-state index in [0.29, 0.717) is 6.54 Å². The standard InChI is InChI=1S/C16H15N5O3S/c1-11-5-6-25-15(11)8-19(2)16(22)12-3-4-13(14(7-12)21(23)24)20-10-17-9-18-20/h3-7,9-10H,8H2,1-2H3. The summed E-state index contributed by atoms with van der Waals surface area (Å²) < 4.78 is 1.30. The van der Waals surface area contributed by atoms with Gasteiger partial charge in [-0.25, -0.2) is 9.67 Å². The molecular formula is C16H15N5O3S. The molecule has 1 amide bonds. The number of rotatable bonds is 5. The maximum Gasteiger partial charge on any atom is 0.295 e. The lowest BCUT2D eigenvalue weighted by molar-refractivity contribution is -0.384. The minimum Gasteiger partial charge on any atom is -0.337 e. The Bertz CT molecular complexity index is 920. The summed E-state index contributed by atoms with van der Waals surface area (Å²) in [6.07, 6.45) is 2.66. The van der Waals surface area contributed by atoms with Crippen LogP contribution in [0.4, 0.5) is 5.69 Å². The van der Waals surface area contributed by atoms with Crippen molar-refractivity contribution >= 4 is 22.9 Å². The third kappa shape index (κ3) is 3.41. The highest BCUT2D eigenvalue weighted by atomic mass is 32.1. The second-order valence-corrected chi connectivity index (χ2v) is 6.49. The first-order valence-corrected chi connectivity index (χ1v) is 8.27. The van der Waals surface area contributed by atoms with Crippen LogP contribution in [0.5, 0.6) is 0 Å². The molecule has 0 atom stereocenters. The Morgan fingerprint density at radius 3 is 2.80 bits per heavy atom. The largest absolute Gasteiger partial charge is 0.337 e. The zero-order valence-corrected chi connectivity index (χ0v) is 14.4. The lowest BCUT2D eigenvalue weighted by atomic mass is 10.1. The van der Waals surface area contributed by atoms with Crippen molar-refractivity contribution in [3.8, 4) is 5.69 Å². The van der Waals surface area contributed by atoms with Crippen LogP contribution in [0.2, 0.25) is 0 Å². The number of carbonyl (C=O) groups excluding carboxylic acids is 1. The van der Waals surface area contributed by atoms with Gasteiger partial charge in [0.15, 0.2) is 0 Å². The molecule has 2 heterocycles. The van der Waals surface area contributed by atoms with E-state index < -0.39 is 4.92 Å². The normalized spacial score (nSPS) is 10.6. The number of amides is 1. The molecular weight excluding hydrogens is 342 g/mol. The van der Waals surface area contributed by atoms with Gasteiger partial charge in [-0.3, -0.25) is 14.9 Å². The van der Waals surface area contributed by atoms with Crippen LogP contribution in [-0.4, -0.2) is 37.5 Å². The summed E-state index contributed by atoms with van der Waals surface area (Å²) >= 11 is 1.58. The molecule has 0 saturated heterocycles. The SMILES string of the molecule is Cc1ccsc1CN(C)C(=O)c1ccc(-n2cncn2)c([N+](=O)[O-])c1. The molecule has 0 aliphatic heterocycles. The van der Waals surface area contributed by atoms with E-state index in [1.54, 1.807) is 29.4 Å². The number of nitro groups is 1. The van der Waals surface area contributed by atoms with Crippen LogP contribution in [0.3, 0.4) is 0 Å². The van der Waals surface area contributed by atoms with Gasteiger partial charge >= 0.3 is 0 Å². The first-order chi connectivity index (χ1) is 12.0. The van der Waals surface area contributed by atoms with E-state index in [9.17, 15) is 14.9 Å². The van der Waals surface area contributed by atoms with Gasteiger partial charge in [0.2, 0.25) is 0 Å². The van der Waals surface area contributed by atoms with Gasteiger partial charge in [-0.1, -0.05) is 0 Å². The predicted molar refractivity (Wildman–Crippen MR) is 92.9 cm³/mol. The summed E-state index contributed by atoms with van der Waals surface area (Å²) in [5.74, 6) is -0.277. The molecule has 9 heteroatoms. The number of benzene rings is 1. The van der Waals surface area contributed by atoms with Crippen LogP contribution < -0.4 is 0 Å². The zero-order valence-electron chi connectivity index (χ0n) is 13.6. The van der Waals surface area contributed by atoms with Crippen molar-refractivity contribution in [3.63, 3.8) is 0 Å². The van der Waals surface area contributed by atoms with Crippen LogP contribution >= 0.6 is 11.3 Å². The third-order valence-corrected chi connectivity index (χ3v) is 4.79. The second kappa shape index (κ2) is 6.81. The quantitative estimate of drug-likeness (QED) is 0.517. The van der Waals surface area contributed by atoms with E-state index >= 15 is 0 Å². The molecule has 0 fully saturated rings. The Kier molecular flexibility index (Phi) is 4.57. The average molecular weight is 357 g/mol. The Morgan fingerprint density at radius 2 is 2.20 bits per heavy atom. The van der Waals surface area contributed by atoms with Crippen LogP contribution in [0.15, 0.2) is 42.3 Å². The lowest BCUT2D eigenvalue weighted by Gasteiger charge is -2.17. The van der Waals surface area contributed by atoms with E-state index in [1.165, 1.54) is 29.5 Å². The first kappa shape index (κ1) is 16.8. The fourth-order valence-electron chi connectivity index (χ4n) is 2.40. The molecule has 8 nitrogen and oxygen atoms in total. The van der Waals surface area contributed by atoms with E-state index in [2.05, 4.69) is 10.1 Å². The molecule has 3 rings (SSSR count). The molecule has 0 unspecified atom stereocenters. The smallest absolute Gasteiger partial charge is 0.295 e. The minimum absolute atomic E-state index is 0.197. The number of thiophene rings is 1. The first-order valence-electron chi connectivity index (χ1n) is 7.39. The average Bonchev–Trinajstić information content (AvgIpc) is 3.26. The van der Waals surface area contributed by atoms with Crippen molar-refractivity contribution in [1.82, 2.24) is 19.7 Å². The number of hydrogen-bond acceptors (Lipinski definition) is 6. The number of aryl methyl sites for hydroxylation is 1. The topological polar surface area (TPSA) is 94.2 Å². The highest BCUT2D eigenvalue weighted by molar-refractivity contribution is 7.10. The van der Waals surface area contributed by atoms with E-state index in [0.717, 1.165) is 10.4 Å². The Labute approximate surface area is 147 Å². The van der Waals surface area contributed by atoms with Crippen LogP contribution in [-0.2, 0) is 6.54 Å². The highest BCUT2D eigenvalue weighted by Crippen LogP contribution is 2.25. The Hall–Kier alpha value is -3.07. The summed E-state index contributed by atoms with van der Waals surface area (Å²) in [6.45, 7) is 2.45. The number of aromatic nitrogens is 3. The lowest BCUT2D eigenvalue weighted by Crippen LogP contribution is -2.26. The number of hydrogen-bond donors (Lipinski definition) is 0. The molecule has 3 aromatic rings. The molecule has 0 aliphatic rings. The van der Waals surface area contributed by atoms with Crippen LogP contribution in [0.25, 0.3) is 5.69 Å². The summed E-state index contributed by atoms with van der Waals surface area (Å²) in [5.41, 5.74) is 1.44. The van der Waals surface area contributed by atoms with Gasteiger partial charge in [0.05, 0.1) is 11.5 Å². The molecule has 1 aromatic carbocycles. The van der Waals surface area contributed by atoms with E-state index in [-0.39, 0.29) is 22.8 Å². The molecule has 0 saturated carbocycles. The van der Waals surface area contributed by atoms with Crippen molar-refractivity contribution in [2.75, 3.05) is 7.05 Å².